The van der Waals surface area contributed by atoms with Crippen molar-refractivity contribution in [2.24, 2.45) is 0 Å². The molecule has 0 aromatic carbocycles. The van der Waals surface area contributed by atoms with Gasteiger partial charge in [0.15, 0.2) is 0 Å². The molecular formula is C15F30O5. The Labute approximate surface area is 247 Å². The Balaban J connectivity index is 7.69. The molecule has 0 unspecified atom stereocenters. The summed E-state index contributed by atoms with van der Waals surface area (Å²) in [6.45, 7) is 0. The molecule has 300 valence electrons. The van der Waals surface area contributed by atoms with Crippen LogP contribution in [0.4, 0.5) is 132 Å². The SMILES string of the molecule is O=C(F)[C@@](F)(OC(F)(F)[C@@](F)(OC(F)(F)[C@](F)(OC(F)(F)[C@](F)(OC(F)(F)C(F)(F)C(F)(F)F)C(F)(F)F)C(F)(F)F)C(F)(F)F)C(F)(F)F. The number of hydrogen-bond acceptors (Lipinski definition) is 5. The Morgan fingerprint density at radius 2 is 0.520 bits per heavy atom. The Morgan fingerprint density at radius 1 is 0.300 bits per heavy atom. The van der Waals surface area contributed by atoms with Crippen molar-refractivity contribution < 1.29 is 155 Å². The van der Waals surface area contributed by atoms with Crippen molar-refractivity contribution in [2.45, 2.75) is 84.7 Å². The van der Waals surface area contributed by atoms with E-state index in [0.29, 0.717) is 0 Å². The third kappa shape index (κ3) is 7.62. The number of carbonyl (C=O) groups is 1. The van der Waals surface area contributed by atoms with E-state index in [1.54, 1.807) is 0 Å². The van der Waals surface area contributed by atoms with Crippen LogP contribution in [0.15, 0.2) is 0 Å². The van der Waals surface area contributed by atoms with E-state index in [0.717, 1.165) is 18.9 Å². The van der Waals surface area contributed by atoms with Gasteiger partial charge in [-0.2, -0.15) is 132 Å². The number of carbonyl (C=O) groups excluding carboxylic acids is 1. The van der Waals surface area contributed by atoms with Crippen LogP contribution in [0, 0.1) is 0 Å². The predicted molar refractivity (Wildman–Crippen MR) is 80.8 cm³/mol. The van der Waals surface area contributed by atoms with E-state index in [1.165, 1.54) is 0 Å². The molecular weight excluding hydrogens is 830 g/mol. The van der Waals surface area contributed by atoms with E-state index in [-0.39, 0.29) is 0 Å². The van der Waals surface area contributed by atoms with Crippen LogP contribution in [0.3, 0.4) is 0 Å². The highest BCUT2D eigenvalue weighted by Crippen LogP contribution is 2.61. The first kappa shape index (κ1) is 47.4. The highest BCUT2D eigenvalue weighted by atomic mass is 19.4. The van der Waals surface area contributed by atoms with Crippen molar-refractivity contribution in [1.29, 1.82) is 0 Å². The van der Waals surface area contributed by atoms with Gasteiger partial charge in [-0.15, -0.1) is 0 Å². The fourth-order valence-corrected chi connectivity index (χ4v) is 2.19. The van der Waals surface area contributed by atoms with E-state index < -0.39 is 90.7 Å². The van der Waals surface area contributed by atoms with Gasteiger partial charge in [0, 0.05) is 0 Å². The number of ether oxygens (including phenoxy) is 4. The molecule has 0 rings (SSSR count). The van der Waals surface area contributed by atoms with Gasteiger partial charge in [-0.25, -0.2) is 0 Å². The predicted octanol–water partition coefficient (Wildman–Crippen LogP) is 9.03. The van der Waals surface area contributed by atoms with Gasteiger partial charge in [0.1, 0.15) is 0 Å². The van der Waals surface area contributed by atoms with E-state index >= 15 is 0 Å². The third-order valence-electron chi connectivity index (χ3n) is 4.63. The van der Waals surface area contributed by atoms with Gasteiger partial charge in [-0.1, -0.05) is 0 Å². The summed E-state index contributed by atoms with van der Waals surface area (Å²) in [5.74, 6) is -43.6. The molecule has 0 spiro atoms. The molecule has 0 N–H and O–H groups in total. The lowest BCUT2D eigenvalue weighted by Gasteiger charge is -2.43. The van der Waals surface area contributed by atoms with Crippen LogP contribution < -0.4 is 0 Å². The molecule has 0 saturated carbocycles. The second kappa shape index (κ2) is 12.2. The molecule has 4 atom stereocenters. The van der Waals surface area contributed by atoms with Crippen molar-refractivity contribution in [2.75, 3.05) is 0 Å². The summed E-state index contributed by atoms with van der Waals surface area (Å²) in [4.78, 5) is 10.1. The zero-order valence-corrected chi connectivity index (χ0v) is 20.9. The average Bonchev–Trinajstić information content (AvgIpc) is 2.78. The molecule has 0 radical (unpaired) electrons. The highest BCUT2D eigenvalue weighted by molar-refractivity contribution is 5.77. The zero-order valence-electron chi connectivity index (χ0n) is 20.9. The monoisotopic (exact) mass is 830 g/mol. The van der Waals surface area contributed by atoms with Gasteiger partial charge in [0.25, 0.3) is 0 Å². The molecule has 5 nitrogen and oxygen atoms in total. The maximum absolute atomic E-state index is 14.3. The number of rotatable bonds is 13. The molecule has 0 aromatic heterocycles. The minimum absolute atomic E-state index is 0.788. The molecule has 0 bridgehead atoms. The van der Waals surface area contributed by atoms with E-state index in [2.05, 4.69) is 0 Å². The first-order valence-electron chi connectivity index (χ1n) is 10.0. The largest absolute Gasteiger partial charge is 0.462 e. The van der Waals surface area contributed by atoms with E-state index in [9.17, 15) is 137 Å². The lowest BCUT2D eigenvalue weighted by atomic mass is 10.2. The van der Waals surface area contributed by atoms with Crippen LogP contribution in [0.1, 0.15) is 0 Å². The van der Waals surface area contributed by atoms with Crippen molar-refractivity contribution >= 4 is 6.04 Å². The van der Waals surface area contributed by atoms with Gasteiger partial charge < -0.3 is 0 Å². The minimum Gasteiger partial charge on any atom is -0.263 e. The van der Waals surface area contributed by atoms with Crippen LogP contribution in [-0.2, 0) is 23.7 Å². The third-order valence-corrected chi connectivity index (χ3v) is 4.63. The van der Waals surface area contributed by atoms with Crippen LogP contribution in [0.5, 0.6) is 0 Å². The van der Waals surface area contributed by atoms with E-state index in [4.69, 9.17) is 0 Å². The fraction of sp³-hybridized carbons (Fsp3) is 0.933. The summed E-state index contributed by atoms with van der Waals surface area (Å²) >= 11 is 0. The molecule has 0 heterocycles. The molecule has 0 fully saturated rings. The smallest absolute Gasteiger partial charge is 0.263 e. The summed E-state index contributed by atoms with van der Waals surface area (Å²) in [6, 6.07) is -5.18. The average molecular weight is 830 g/mol. The van der Waals surface area contributed by atoms with Gasteiger partial charge >= 0.3 is 90.7 Å². The summed E-state index contributed by atoms with van der Waals surface area (Å²) in [6.07, 6.45) is -78.1. The fourth-order valence-electron chi connectivity index (χ4n) is 2.19. The Bertz CT molecular complexity index is 1230. The van der Waals surface area contributed by atoms with Crippen LogP contribution in [0.2, 0.25) is 0 Å². The standard InChI is InChI=1S/C15F30O5/c16-1(46)2(17,7(23,24)25)47-13(40,41)4(20,9(29,30)31)49-15(44,45)6(22,11(35,36)37)50-14(42,43)5(21,10(32,33)34)48-12(38,39)3(18,19)8(26,27)28/t2-,4+,5-,6-/m1/s1. The Morgan fingerprint density at radius 3 is 0.700 bits per heavy atom. The topological polar surface area (TPSA) is 54.0 Å². The van der Waals surface area contributed by atoms with Crippen molar-refractivity contribution in [3.05, 3.63) is 0 Å². The van der Waals surface area contributed by atoms with Gasteiger partial charge in [-0.05, 0) is 0 Å². The highest BCUT2D eigenvalue weighted by Gasteiger charge is 2.90. The summed E-state index contributed by atoms with van der Waals surface area (Å²) in [7, 11) is 0. The van der Waals surface area contributed by atoms with Gasteiger partial charge in [0.2, 0.25) is 0 Å². The maximum Gasteiger partial charge on any atom is 0.462 e. The van der Waals surface area contributed by atoms with Crippen molar-refractivity contribution in [3.8, 4) is 0 Å². The van der Waals surface area contributed by atoms with Crippen LogP contribution in [0.25, 0.3) is 0 Å². The molecule has 0 aromatic rings. The van der Waals surface area contributed by atoms with E-state index in [1.807, 2.05) is 0 Å². The molecule has 0 aliphatic carbocycles. The molecule has 0 aliphatic rings. The second-order valence-corrected chi connectivity index (χ2v) is 8.19. The minimum atomic E-state index is -9.29. The molecule has 50 heavy (non-hydrogen) atoms. The lowest BCUT2D eigenvalue weighted by Crippen LogP contribution is -2.72. The first-order chi connectivity index (χ1) is 21.0. The Hall–Kier alpha value is -2.59. The summed E-state index contributed by atoms with van der Waals surface area (Å²) in [5.41, 5.74) is 0. The number of halogens is 30. The number of hydrogen-bond donors (Lipinski definition) is 0. The van der Waals surface area contributed by atoms with Crippen LogP contribution in [-0.4, -0.2) is 90.7 Å². The summed E-state index contributed by atoms with van der Waals surface area (Å²) < 4.78 is 397. The maximum atomic E-state index is 14.3. The summed E-state index contributed by atoms with van der Waals surface area (Å²) in [5, 5.41) is 0. The molecule has 0 saturated heterocycles. The van der Waals surface area contributed by atoms with Crippen LogP contribution >= 0.6 is 0 Å². The van der Waals surface area contributed by atoms with Crippen molar-refractivity contribution in [3.63, 3.8) is 0 Å². The lowest BCUT2D eigenvalue weighted by molar-refractivity contribution is -0.592. The van der Waals surface area contributed by atoms with Crippen molar-refractivity contribution in [1.82, 2.24) is 0 Å². The number of alkyl halides is 29. The molecule has 0 aliphatic heterocycles. The Kier molecular flexibility index (Phi) is 11.6. The van der Waals surface area contributed by atoms with Gasteiger partial charge in [-0.3, -0.25) is 23.7 Å². The normalized spacial score (nSPS) is 20.4. The second-order valence-electron chi connectivity index (χ2n) is 8.19. The zero-order chi connectivity index (χ0) is 41.4. The molecule has 35 heteroatoms. The first-order valence-corrected chi connectivity index (χ1v) is 10.0. The molecule has 0 amide bonds. The van der Waals surface area contributed by atoms with Gasteiger partial charge in [0.05, 0.1) is 0 Å². The quantitative estimate of drug-likeness (QED) is 0.137.